The summed E-state index contributed by atoms with van der Waals surface area (Å²) < 4.78 is 12.1. The Morgan fingerprint density at radius 3 is 2.58 bits per heavy atom. The maximum atomic E-state index is 12.5. The maximum absolute atomic E-state index is 12.5. The first kappa shape index (κ1) is 12.2. The molecule has 3 atom stereocenters. The molecule has 1 unspecified atom stereocenters. The van der Waals surface area contributed by atoms with E-state index in [9.17, 15) is 4.79 Å². The van der Waals surface area contributed by atoms with Crippen molar-refractivity contribution in [2.45, 2.75) is 87.9 Å². The van der Waals surface area contributed by atoms with Gasteiger partial charge in [0.05, 0.1) is 6.10 Å². The van der Waals surface area contributed by atoms with Gasteiger partial charge in [-0.3, -0.25) is 0 Å². The highest BCUT2D eigenvalue weighted by Crippen LogP contribution is 2.53. The summed E-state index contributed by atoms with van der Waals surface area (Å²) in [6.45, 7) is 0. The lowest BCUT2D eigenvalue weighted by atomic mass is 9.76. The lowest BCUT2D eigenvalue weighted by Gasteiger charge is -2.32. The van der Waals surface area contributed by atoms with Crippen LogP contribution in [0.25, 0.3) is 0 Å². The van der Waals surface area contributed by atoms with Crippen molar-refractivity contribution < 1.29 is 14.3 Å². The van der Waals surface area contributed by atoms with Crippen LogP contribution in [-0.4, -0.2) is 23.3 Å². The second-order valence-corrected chi connectivity index (χ2v) is 7.21. The fraction of sp³-hybridized carbons (Fsp3) is 0.938. The van der Waals surface area contributed by atoms with Gasteiger partial charge in [-0.1, -0.05) is 19.3 Å². The molecule has 2 heterocycles. The molecule has 0 aromatic heterocycles. The first-order valence-corrected chi connectivity index (χ1v) is 8.13. The Labute approximate surface area is 115 Å². The maximum Gasteiger partial charge on any atom is 0.339 e. The third-order valence-electron chi connectivity index (χ3n) is 5.86. The number of carbonyl (C=O) groups excluding carboxylic acids is 1. The van der Waals surface area contributed by atoms with Crippen LogP contribution in [0.4, 0.5) is 0 Å². The Balaban J connectivity index is 1.56. The van der Waals surface area contributed by atoms with Gasteiger partial charge in [-0.25, -0.2) is 4.79 Å². The van der Waals surface area contributed by atoms with E-state index in [4.69, 9.17) is 9.47 Å². The average molecular weight is 264 g/mol. The Morgan fingerprint density at radius 2 is 1.79 bits per heavy atom. The Hall–Kier alpha value is -0.570. The summed E-state index contributed by atoms with van der Waals surface area (Å²) >= 11 is 0. The summed E-state index contributed by atoms with van der Waals surface area (Å²) in [6, 6.07) is 0. The molecule has 0 aromatic rings. The zero-order chi connectivity index (χ0) is 12.9. The number of rotatable bonds is 0. The zero-order valence-electron chi connectivity index (χ0n) is 11.7. The summed E-state index contributed by atoms with van der Waals surface area (Å²) in [5.41, 5.74) is -0.722. The Morgan fingerprint density at radius 1 is 1.00 bits per heavy atom. The molecular weight excluding hydrogens is 240 g/mol. The van der Waals surface area contributed by atoms with Gasteiger partial charge in [-0.15, -0.1) is 0 Å². The van der Waals surface area contributed by atoms with Crippen LogP contribution in [0.3, 0.4) is 0 Å². The minimum atomic E-state index is -0.559. The molecule has 2 saturated heterocycles. The van der Waals surface area contributed by atoms with Gasteiger partial charge in [0, 0.05) is 6.42 Å². The van der Waals surface area contributed by atoms with Gasteiger partial charge in [0.2, 0.25) is 0 Å². The molecule has 0 radical (unpaired) electrons. The molecule has 3 nitrogen and oxygen atoms in total. The summed E-state index contributed by atoms with van der Waals surface area (Å²) in [5, 5.41) is 0. The number of ether oxygens (including phenoxy) is 2. The second kappa shape index (κ2) is 4.21. The summed E-state index contributed by atoms with van der Waals surface area (Å²) in [7, 11) is 0. The Bertz CT molecular complexity index is 369. The van der Waals surface area contributed by atoms with E-state index in [-0.39, 0.29) is 11.6 Å². The minimum absolute atomic E-state index is 0.0381. The van der Waals surface area contributed by atoms with Gasteiger partial charge in [0.1, 0.15) is 5.60 Å². The van der Waals surface area contributed by atoms with Crippen LogP contribution in [0.5, 0.6) is 0 Å². The van der Waals surface area contributed by atoms with E-state index in [1.807, 2.05) is 0 Å². The topological polar surface area (TPSA) is 35.5 Å². The Kier molecular flexibility index (Phi) is 2.70. The fourth-order valence-corrected chi connectivity index (χ4v) is 4.96. The fourth-order valence-electron chi connectivity index (χ4n) is 4.96. The van der Waals surface area contributed by atoms with Crippen molar-refractivity contribution in [3.05, 3.63) is 0 Å². The molecule has 4 rings (SSSR count). The minimum Gasteiger partial charge on any atom is -0.457 e. The van der Waals surface area contributed by atoms with Gasteiger partial charge in [-0.05, 0) is 50.9 Å². The monoisotopic (exact) mass is 264 g/mol. The van der Waals surface area contributed by atoms with E-state index in [2.05, 4.69) is 0 Å². The number of fused-ring (bicyclic) bond motifs is 1. The van der Waals surface area contributed by atoms with Crippen molar-refractivity contribution in [2.75, 3.05) is 0 Å². The zero-order valence-corrected chi connectivity index (χ0v) is 11.7. The molecule has 19 heavy (non-hydrogen) atoms. The molecule has 2 saturated carbocycles. The SMILES string of the molecule is O=C1OC2(CCCCC2)CC12C[C@@H]1CCCC[C@H]1O2. The van der Waals surface area contributed by atoms with Crippen LogP contribution in [0.1, 0.15) is 70.6 Å². The predicted octanol–water partition coefficient (Wildman–Crippen LogP) is 3.35. The van der Waals surface area contributed by atoms with Gasteiger partial charge >= 0.3 is 5.97 Å². The van der Waals surface area contributed by atoms with Crippen molar-refractivity contribution >= 4 is 5.97 Å². The largest absolute Gasteiger partial charge is 0.457 e. The number of hydrogen-bond donors (Lipinski definition) is 0. The van der Waals surface area contributed by atoms with Crippen LogP contribution in [-0.2, 0) is 14.3 Å². The molecule has 0 N–H and O–H groups in total. The first-order chi connectivity index (χ1) is 9.22. The third-order valence-corrected chi connectivity index (χ3v) is 5.86. The van der Waals surface area contributed by atoms with E-state index >= 15 is 0 Å². The summed E-state index contributed by atoms with van der Waals surface area (Å²) in [5.74, 6) is 0.573. The molecular formula is C16H24O3. The molecule has 106 valence electrons. The lowest BCUT2D eigenvalue weighted by Crippen LogP contribution is -2.36. The molecule has 2 aliphatic carbocycles. The van der Waals surface area contributed by atoms with Crippen molar-refractivity contribution in [1.29, 1.82) is 0 Å². The van der Waals surface area contributed by atoms with Crippen LogP contribution in [0.2, 0.25) is 0 Å². The van der Waals surface area contributed by atoms with Gasteiger partial charge < -0.3 is 9.47 Å². The molecule has 4 aliphatic rings. The van der Waals surface area contributed by atoms with Crippen molar-refractivity contribution in [3.63, 3.8) is 0 Å². The van der Waals surface area contributed by atoms with E-state index in [0.29, 0.717) is 12.0 Å². The third kappa shape index (κ3) is 1.84. The van der Waals surface area contributed by atoms with Crippen molar-refractivity contribution in [2.24, 2.45) is 5.92 Å². The number of hydrogen-bond acceptors (Lipinski definition) is 3. The van der Waals surface area contributed by atoms with Crippen LogP contribution < -0.4 is 0 Å². The second-order valence-electron chi connectivity index (χ2n) is 7.21. The van der Waals surface area contributed by atoms with Gasteiger partial charge in [0.15, 0.2) is 5.60 Å². The van der Waals surface area contributed by atoms with Crippen LogP contribution in [0.15, 0.2) is 0 Å². The highest BCUT2D eigenvalue weighted by Gasteiger charge is 2.62. The predicted molar refractivity (Wildman–Crippen MR) is 70.7 cm³/mol. The smallest absolute Gasteiger partial charge is 0.339 e. The van der Waals surface area contributed by atoms with Gasteiger partial charge in [0.25, 0.3) is 0 Å². The number of esters is 1. The molecule has 2 aliphatic heterocycles. The molecule has 0 bridgehead atoms. The van der Waals surface area contributed by atoms with E-state index < -0.39 is 5.60 Å². The highest BCUT2D eigenvalue weighted by molar-refractivity contribution is 5.83. The summed E-state index contributed by atoms with van der Waals surface area (Å²) in [4.78, 5) is 12.5. The molecule has 0 amide bonds. The van der Waals surface area contributed by atoms with Crippen molar-refractivity contribution in [1.82, 2.24) is 0 Å². The van der Waals surface area contributed by atoms with E-state index in [1.165, 1.54) is 38.5 Å². The van der Waals surface area contributed by atoms with E-state index in [1.54, 1.807) is 0 Å². The lowest BCUT2D eigenvalue weighted by molar-refractivity contribution is -0.163. The quantitative estimate of drug-likeness (QED) is 0.629. The molecule has 0 aromatic carbocycles. The number of carbonyl (C=O) groups is 1. The molecule has 4 fully saturated rings. The summed E-state index contributed by atoms with van der Waals surface area (Å²) in [6.07, 6.45) is 12.9. The standard InChI is InChI=1S/C16H24O3/c17-14-16(10-12-6-2-3-7-13(12)18-16)11-15(19-14)8-4-1-5-9-15/h12-13H,1-11H2/t12-,13+,16?/m0/s1. The van der Waals surface area contributed by atoms with Gasteiger partial charge in [-0.2, -0.15) is 0 Å². The highest BCUT2D eigenvalue weighted by atomic mass is 16.6. The van der Waals surface area contributed by atoms with Crippen molar-refractivity contribution in [3.8, 4) is 0 Å². The molecule has 3 heteroatoms. The normalized spacial score (nSPS) is 44.5. The first-order valence-electron chi connectivity index (χ1n) is 8.13. The van der Waals surface area contributed by atoms with Crippen LogP contribution in [0, 0.1) is 5.92 Å². The van der Waals surface area contributed by atoms with Crippen LogP contribution >= 0.6 is 0 Å². The average Bonchev–Trinajstić information content (AvgIpc) is 2.89. The van der Waals surface area contributed by atoms with E-state index in [0.717, 1.165) is 32.1 Å². The molecule has 2 spiro atoms.